The summed E-state index contributed by atoms with van der Waals surface area (Å²) in [5.41, 5.74) is 2.58. The molecule has 1 aliphatic heterocycles. The topological polar surface area (TPSA) is 75.8 Å². The number of carbonyl (C=O) groups excluding carboxylic acids is 1. The van der Waals surface area contributed by atoms with E-state index in [-0.39, 0.29) is 11.6 Å². The maximum Gasteiger partial charge on any atom is 0.270 e. The molecule has 0 spiro atoms. The maximum atomic E-state index is 12.7. The molecule has 6 nitrogen and oxygen atoms in total. The molecule has 7 heteroatoms. The number of amidine groups is 1. The van der Waals surface area contributed by atoms with E-state index in [4.69, 9.17) is 4.99 Å². The summed E-state index contributed by atoms with van der Waals surface area (Å²) in [6.07, 6.45) is 2.53. The van der Waals surface area contributed by atoms with Crippen molar-refractivity contribution < 1.29 is 9.72 Å². The number of nitro groups is 1. The van der Waals surface area contributed by atoms with Crippen molar-refractivity contribution in [3.63, 3.8) is 0 Å². The molecule has 1 aliphatic rings. The van der Waals surface area contributed by atoms with Gasteiger partial charge in [-0.3, -0.25) is 19.8 Å². The van der Waals surface area contributed by atoms with Crippen molar-refractivity contribution in [2.75, 3.05) is 6.54 Å². The second-order valence-corrected chi connectivity index (χ2v) is 6.90. The van der Waals surface area contributed by atoms with Crippen LogP contribution in [0.25, 0.3) is 6.08 Å². The largest absolute Gasteiger partial charge is 0.287 e. The number of hydrogen-bond acceptors (Lipinski definition) is 5. The lowest BCUT2D eigenvalue weighted by molar-refractivity contribution is -0.384. The molecule has 0 N–H and O–H groups in total. The first-order valence-corrected chi connectivity index (χ1v) is 9.47. The van der Waals surface area contributed by atoms with Gasteiger partial charge in [-0.05, 0) is 48.4 Å². The van der Waals surface area contributed by atoms with E-state index in [1.54, 1.807) is 23.1 Å². The van der Waals surface area contributed by atoms with E-state index >= 15 is 0 Å². The van der Waals surface area contributed by atoms with E-state index in [9.17, 15) is 14.9 Å². The zero-order valence-electron chi connectivity index (χ0n) is 15.1. The molecule has 2 aromatic carbocycles. The van der Waals surface area contributed by atoms with Crippen LogP contribution in [0.3, 0.4) is 0 Å². The molecule has 2 aromatic rings. The van der Waals surface area contributed by atoms with Gasteiger partial charge in [-0.1, -0.05) is 37.3 Å². The lowest BCUT2D eigenvalue weighted by atomic mass is 10.1. The lowest BCUT2D eigenvalue weighted by Gasteiger charge is -2.12. The average molecular weight is 381 g/mol. The Morgan fingerprint density at radius 1 is 1.19 bits per heavy atom. The van der Waals surface area contributed by atoms with Gasteiger partial charge in [-0.25, -0.2) is 4.99 Å². The number of benzene rings is 2. The number of aliphatic imine (C=N–C) groups is 1. The highest BCUT2D eigenvalue weighted by Crippen LogP contribution is 2.35. The van der Waals surface area contributed by atoms with Gasteiger partial charge in [-0.2, -0.15) is 0 Å². The monoisotopic (exact) mass is 381 g/mol. The fourth-order valence-corrected chi connectivity index (χ4v) is 3.83. The van der Waals surface area contributed by atoms with Gasteiger partial charge in [0.15, 0.2) is 5.17 Å². The van der Waals surface area contributed by atoms with E-state index in [1.165, 1.54) is 23.9 Å². The van der Waals surface area contributed by atoms with E-state index in [1.807, 2.05) is 31.2 Å². The predicted octanol–water partition coefficient (Wildman–Crippen LogP) is 4.78. The summed E-state index contributed by atoms with van der Waals surface area (Å²) >= 11 is 1.29. The summed E-state index contributed by atoms with van der Waals surface area (Å²) in [6, 6.07) is 14.1. The second kappa shape index (κ2) is 8.18. The van der Waals surface area contributed by atoms with Crippen molar-refractivity contribution in [1.29, 1.82) is 0 Å². The number of likely N-dealkylation sites (N-methyl/N-ethyl adjacent to an activating group) is 1. The summed E-state index contributed by atoms with van der Waals surface area (Å²) in [5.74, 6) is -0.137. The molecule has 1 heterocycles. The predicted molar refractivity (Wildman–Crippen MR) is 109 cm³/mol. The molecule has 0 saturated carbocycles. The highest BCUT2D eigenvalue weighted by atomic mass is 32.2. The Morgan fingerprint density at radius 3 is 2.67 bits per heavy atom. The minimum Gasteiger partial charge on any atom is -0.287 e. The summed E-state index contributed by atoms with van der Waals surface area (Å²) in [7, 11) is 0. The molecule has 0 bridgehead atoms. The molecule has 0 atom stereocenters. The zero-order valence-corrected chi connectivity index (χ0v) is 15.9. The van der Waals surface area contributed by atoms with E-state index < -0.39 is 4.92 Å². The zero-order chi connectivity index (χ0) is 19.4. The normalized spacial score (nSPS) is 17.1. The van der Waals surface area contributed by atoms with Crippen LogP contribution in [0.5, 0.6) is 0 Å². The first-order valence-electron chi connectivity index (χ1n) is 8.66. The molecule has 0 unspecified atom stereocenters. The van der Waals surface area contributed by atoms with Crippen LogP contribution in [-0.4, -0.2) is 27.4 Å². The Balaban J connectivity index is 1.96. The maximum absolute atomic E-state index is 12.7. The van der Waals surface area contributed by atoms with Crippen molar-refractivity contribution in [3.8, 4) is 0 Å². The van der Waals surface area contributed by atoms with E-state index in [0.29, 0.717) is 22.2 Å². The van der Waals surface area contributed by atoms with Gasteiger partial charge in [0.25, 0.3) is 11.6 Å². The Hall–Kier alpha value is -2.93. The molecule has 1 saturated heterocycles. The number of aryl methyl sites for hydroxylation is 1. The SMILES string of the molecule is CCc1ccccc1N=C1S/C(=C/c2cccc([N+](=O)[O-])c2)C(=O)N1CC. The Kier molecular flexibility index (Phi) is 5.71. The number of hydrogen-bond donors (Lipinski definition) is 0. The van der Waals surface area contributed by atoms with E-state index in [0.717, 1.165) is 17.7 Å². The minimum absolute atomic E-state index is 0.00194. The quantitative estimate of drug-likeness (QED) is 0.424. The van der Waals surface area contributed by atoms with Gasteiger partial charge in [0.05, 0.1) is 15.5 Å². The van der Waals surface area contributed by atoms with Gasteiger partial charge in [0, 0.05) is 18.7 Å². The smallest absolute Gasteiger partial charge is 0.270 e. The first-order chi connectivity index (χ1) is 13.0. The molecular weight excluding hydrogens is 362 g/mol. The molecule has 138 valence electrons. The fraction of sp³-hybridized carbons (Fsp3) is 0.200. The molecule has 3 rings (SSSR count). The average Bonchev–Trinajstić information content (AvgIpc) is 2.96. The van der Waals surface area contributed by atoms with Crippen LogP contribution in [0.4, 0.5) is 11.4 Å². The summed E-state index contributed by atoms with van der Waals surface area (Å²) in [4.78, 5) is 30.1. The van der Waals surface area contributed by atoms with Gasteiger partial charge in [0.1, 0.15) is 0 Å². The highest BCUT2D eigenvalue weighted by Gasteiger charge is 2.32. The van der Waals surface area contributed by atoms with Crippen molar-refractivity contribution in [2.24, 2.45) is 4.99 Å². The molecule has 1 fully saturated rings. The number of para-hydroxylation sites is 1. The van der Waals surface area contributed by atoms with Crippen molar-refractivity contribution >= 4 is 40.3 Å². The van der Waals surface area contributed by atoms with Crippen LogP contribution >= 0.6 is 11.8 Å². The van der Waals surface area contributed by atoms with Crippen LogP contribution in [0.1, 0.15) is 25.0 Å². The third kappa shape index (κ3) is 4.09. The molecule has 27 heavy (non-hydrogen) atoms. The summed E-state index contributed by atoms with van der Waals surface area (Å²) in [5, 5.41) is 11.6. The number of amides is 1. The van der Waals surface area contributed by atoms with Crippen LogP contribution in [0, 0.1) is 10.1 Å². The third-order valence-electron chi connectivity index (χ3n) is 4.17. The number of thioether (sulfide) groups is 1. The summed E-state index contributed by atoms with van der Waals surface area (Å²) in [6.45, 7) is 4.47. The van der Waals surface area contributed by atoms with Crippen molar-refractivity contribution in [1.82, 2.24) is 4.90 Å². The second-order valence-electron chi connectivity index (χ2n) is 5.89. The fourth-order valence-electron chi connectivity index (χ4n) is 2.77. The number of rotatable bonds is 5. The molecule has 0 aromatic heterocycles. The van der Waals surface area contributed by atoms with Crippen LogP contribution in [-0.2, 0) is 11.2 Å². The first kappa shape index (κ1) is 18.8. The standard InChI is InChI=1S/C20H19N3O3S/c1-3-15-9-5-6-11-17(15)21-20-22(4-2)19(24)18(27-20)13-14-8-7-10-16(12-14)23(25)26/h5-13H,3-4H2,1-2H3/b18-13+,21-20?. The Morgan fingerprint density at radius 2 is 1.96 bits per heavy atom. The summed E-state index contributed by atoms with van der Waals surface area (Å²) < 4.78 is 0. The number of carbonyl (C=O) groups is 1. The van der Waals surface area contributed by atoms with Gasteiger partial charge in [0.2, 0.25) is 0 Å². The number of nitrogens with zero attached hydrogens (tertiary/aromatic N) is 3. The van der Waals surface area contributed by atoms with Crippen molar-refractivity contribution in [2.45, 2.75) is 20.3 Å². The molecule has 0 radical (unpaired) electrons. The van der Waals surface area contributed by atoms with Crippen LogP contribution < -0.4 is 0 Å². The highest BCUT2D eigenvalue weighted by molar-refractivity contribution is 8.18. The lowest BCUT2D eigenvalue weighted by Crippen LogP contribution is -2.28. The van der Waals surface area contributed by atoms with Gasteiger partial charge < -0.3 is 0 Å². The Bertz CT molecular complexity index is 953. The molecule has 0 aliphatic carbocycles. The van der Waals surface area contributed by atoms with E-state index in [2.05, 4.69) is 6.92 Å². The van der Waals surface area contributed by atoms with Crippen molar-refractivity contribution in [3.05, 3.63) is 74.7 Å². The molecular formula is C20H19N3O3S. The minimum atomic E-state index is -0.446. The number of non-ortho nitro benzene ring substituents is 1. The number of nitro benzene ring substituents is 1. The Labute approximate surface area is 161 Å². The molecule has 1 amide bonds. The van der Waals surface area contributed by atoms with Gasteiger partial charge >= 0.3 is 0 Å². The third-order valence-corrected chi connectivity index (χ3v) is 5.18. The van der Waals surface area contributed by atoms with Crippen LogP contribution in [0.15, 0.2) is 58.4 Å². The van der Waals surface area contributed by atoms with Gasteiger partial charge in [-0.15, -0.1) is 0 Å². The van der Waals surface area contributed by atoms with Crippen LogP contribution in [0.2, 0.25) is 0 Å².